The van der Waals surface area contributed by atoms with Gasteiger partial charge in [-0.1, -0.05) is 18.2 Å². The van der Waals surface area contributed by atoms with Crippen molar-refractivity contribution in [3.05, 3.63) is 58.9 Å². The summed E-state index contributed by atoms with van der Waals surface area (Å²) < 4.78 is 26.9. The lowest BCUT2D eigenvalue weighted by Crippen LogP contribution is -2.30. The molecule has 1 saturated heterocycles. The third-order valence-corrected chi connectivity index (χ3v) is 5.07. The van der Waals surface area contributed by atoms with Crippen LogP contribution in [-0.4, -0.2) is 25.9 Å². The van der Waals surface area contributed by atoms with Crippen LogP contribution in [0.5, 0.6) is 0 Å². The first-order valence-electron chi connectivity index (χ1n) is 7.20. The number of hydrogen-bond donors (Lipinski definition) is 1. The Labute approximate surface area is 135 Å². The number of anilines is 1. The Hall–Kier alpha value is -2.41. The summed E-state index contributed by atoms with van der Waals surface area (Å²) in [6, 6.07) is 11.4. The maximum absolute atomic E-state index is 11.9. The van der Waals surface area contributed by atoms with E-state index < -0.39 is 16.1 Å². The van der Waals surface area contributed by atoms with E-state index in [1.54, 1.807) is 6.07 Å². The standard InChI is InChI=1S/C16H17N3O3S/c1-11-8-13(9-14-5-3-4-12(2)17-14)6-7-15(11)19-10-16(20)18-23(19,21)22/h3-8H,9-10H2,1-2H3,(H,18,20). The molecule has 0 saturated carbocycles. The smallest absolute Gasteiger partial charge is 0.272 e. The van der Waals surface area contributed by atoms with Crippen LogP contribution in [-0.2, 0) is 21.4 Å². The highest BCUT2D eigenvalue weighted by Gasteiger charge is 2.34. The number of nitrogens with zero attached hydrogens (tertiary/aromatic N) is 2. The van der Waals surface area contributed by atoms with E-state index in [-0.39, 0.29) is 6.54 Å². The number of aromatic nitrogens is 1. The third kappa shape index (κ3) is 3.19. The minimum atomic E-state index is -3.77. The van der Waals surface area contributed by atoms with Gasteiger partial charge < -0.3 is 0 Å². The van der Waals surface area contributed by atoms with Crippen LogP contribution in [0.3, 0.4) is 0 Å². The van der Waals surface area contributed by atoms with Gasteiger partial charge in [0.1, 0.15) is 6.54 Å². The molecule has 1 fully saturated rings. The highest BCUT2D eigenvalue weighted by Crippen LogP contribution is 2.26. The molecule has 0 aliphatic carbocycles. The number of hydrogen-bond acceptors (Lipinski definition) is 4. The van der Waals surface area contributed by atoms with Crippen molar-refractivity contribution in [2.45, 2.75) is 20.3 Å². The van der Waals surface area contributed by atoms with E-state index in [2.05, 4.69) is 4.98 Å². The summed E-state index contributed by atoms with van der Waals surface area (Å²) in [4.78, 5) is 15.8. The first-order valence-corrected chi connectivity index (χ1v) is 8.64. The van der Waals surface area contributed by atoms with Gasteiger partial charge in [-0.25, -0.2) is 9.03 Å². The zero-order valence-corrected chi connectivity index (χ0v) is 13.7. The average Bonchev–Trinajstić information content (AvgIpc) is 2.72. The average molecular weight is 331 g/mol. The molecule has 2 heterocycles. The number of benzene rings is 1. The predicted octanol–water partition coefficient (Wildman–Crippen LogP) is 1.47. The van der Waals surface area contributed by atoms with Gasteiger partial charge in [0.25, 0.3) is 5.91 Å². The molecule has 1 aromatic carbocycles. The number of aryl methyl sites for hydroxylation is 2. The van der Waals surface area contributed by atoms with Crippen molar-refractivity contribution in [3.63, 3.8) is 0 Å². The quantitative estimate of drug-likeness (QED) is 0.924. The molecule has 0 atom stereocenters. The van der Waals surface area contributed by atoms with Crippen molar-refractivity contribution in [1.82, 2.24) is 9.71 Å². The van der Waals surface area contributed by atoms with Crippen molar-refractivity contribution in [2.75, 3.05) is 10.8 Å². The summed E-state index contributed by atoms with van der Waals surface area (Å²) in [5, 5.41) is 0. The summed E-state index contributed by atoms with van der Waals surface area (Å²) in [6.07, 6.45) is 0.673. The fourth-order valence-corrected chi connectivity index (χ4v) is 3.89. The molecule has 23 heavy (non-hydrogen) atoms. The number of carbonyl (C=O) groups excluding carboxylic acids is 1. The molecule has 6 nitrogen and oxygen atoms in total. The van der Waals surface area contributed by atoms with Gasteiger partial charge >= 0.3 is 10.2 Å². The van der Waals surface area contributed by atoms with Crippen LogP contribution in [0.25, 0.3) is 0 Å². The number of nitrogens with one attached hydrogen (secondary N) is 1. The van der Waals surface area contributed by atoms with Gasteiger partial charge in [-0.05, 0) is 43.2 Å². The fraction of sp³-hybridized carbons (Fsp3) is 0.250. The number of rotatable bonds is 3. The summed E-state index contributed by atoms with van der Waals surface area (Å²) >= 11 is 0. The van der Waals surface area contributed by atoms with Crippen LogP contribution in [0.1, 0.15) is 22.5 Å². The van der Waals surface area contributed by atoms with E-state index in [4.69, 9.17) is 0 Å². The number of pyridine rings is 1. The zero-order chi connectivity index (χ0) is 16.6. The molecule has 0 spiro atoms. The van der Waals surface area contributed by atoms with Gasteiger partial charge in [0.15, 0.2) is 0 Å². The maximum Gasteiger partial charge on any atom is 0.326 e. The summed E-state index contributed by atoms with van der Waals surface area (Å²) in [6.45, 7) is 3.60. The van der Waals surface area contributed by atoms with E-state index in [1.165, 1.54) is 0 Å². The van der Waals surface area contributed by atoms with Crippen LogP contribution in [0.4, 0.5) is 5.69 Å². The molecule has 1 aliphatic heterocycles. The predicted molar refractivity (Wildman–Crippen MR) is 87.4 cm³/mol. The van der Waals surface area contributed by atoms with Crippen LogP contribution < -0.4 is 9.03 Å². The van der Waals surface area contributed by atoms with Gasteiger partial charge in [0.05, 0.1) is 5.69 Å². The molecule has 1 amide bonds. The summed E-state index contributed by atoms with van der Waals surface area (Å²) in [5.41, 5.74) is 4.28. The molecule has 2 aromatic rings. The molecule has 0 bridgehead atoms. The Morgan fingerprint density at radius 3 is 2.61 bits per heavy atom. The van der Waals surface area contributed by atoms with Crippen LogP contribution in [0, 0.1) is 13.8 Å². The Morgan fingerprint density at radius 2 is 2.00 bits per heavy atom. The van der Waals surface area contributed by atoms with E-state index in [0.717, 1.165) is 26.8 Å². The lowest BCUT2D eigenvalue weighted by Gasteiger charge is -2.18. The highest BCUT2D eigenvalue weighted by molar-refractivity contribution is 7.92. The monoisotopic (exact) mass is 331 g/mol. The molecular formula is C16H17N3O3S. The Bertz CT molecular complexity index is 878. The van der Waals surface area contributed by atoms with Crippen LogP contribution in [0.2, 0.25) is 0 Å². The first-order chi connectivity index (χ1) is 10.8. The molecule has 120 valence electrons. The van der Waals surface area contributed by atoms with Gasteiger partial charge in [0.2, 0.25) is 0 Å². The van der Waals surface area contributed by atoms with E-state index in [1.807, 2.05) is 48.9 Å². The van der Waals surface area contributed by atoms with Crippen molar-refractivity contribution in [1.29, 1.82) is 0 Å². The third-order valence-electron chi connectivity index (χ3n) is 3.68. The normalized spacial score (nSPS) is 16.4. The minimum absolute atomic E-state index is 0.179. The largest absolute Gasteiger partial charge is 0.326 e. The highest BCUT2D eigenvalue weighted by atomic mass is 32.2. The van der Waals surface area contributed by atoms with Crippen LogP contribution in [0.15, 0.2) is 36.4 Å². The molecule has 0 radical (unpaired) electrons. The Morgan fingerprint density at radius 1 is 1.22 bits per heavy atom. The van der Waals surface area contributed by atoms with Crippen molar-refractivity contribution in [2.24, 2.45) is 0 Å². The zero-order valence-electron chi connectivity index (χ0n) is 12.9. The van der Waals surface area contributed by atoms with Crippen molar-refractivity contribution in [3.8, 4) is 0 Å². The van der Waals surface area contributed by atoms with Crippen molar-refractivity contribution < 1.29 is 13.2 Å². The van der Waals surface area contributed by atoms with Crippen LogP contribution >= 0.6 is 0 Å². The van der Waals surface area contributed by atoms with Gasteiger partial charge in [0, 0.05) is 17.8 Å². The number of carbonyl (C=O) groups is 1. The fourth-order valence-electron chi connectivity index (χ4n) is 2.68. The second kappa shape index (κ2) is 5.66. The Kier molecular flexibility index (Phi) is 3.81. The SMILES string of the molecule is Cc1cccc(Cc2ccc(N3CC(=O)NS3(=O)=O)c(C)c2)n1. The molecule has 1 aromatic heterocycles. The second-order valence-electron chi connectivity index (χ2n) is 5.60. The Balaban J connectivity index is 1.88. The lowest BCUT2D eigenvalue weighted by molar-refractivity contribution is -0.117. The maximum atomic E-state index is 11.9. The molecule has 1 aliphatic rings. The van der Waals surface area contributed by atoms with E-state index in [9.17, 15) is 13.2 Å². The van der Waals surface area contributed by atoms with E-state index >= 15 is 0 Å². The van der Waals surface area contributed by atoms with Gasteiger partial charge in [-0.15, -0.1) is 0 Å². The van der Waals surface area contributed by atoms with E-state index in [0.29, 0.717) is 12.1 Å². The molecule has 7 heteroatoms. The van der Waals surface area contributed by atoms with Gasteiger partial charge in [-0.2, -0.15) is 8.42 Å². The topological polar surface area (TPSA) is 79.4 Å². The first kappa shape index (κ1) is 15.5. The molecule has 1 N–H and O–H groups in total. The summed E-state index contributed by atoms with van der Waals surface area (Å²) in [7, 11) is -3.77. The van der Waals surface area contributed by atoms with Gasteiger partial charge in [-0.3, -0.25) is 9.78 Å². The lowest BCUT2D eigenvalue weighted by atomic mass is 10.0. The minimum Gasteiger partial charge on any atom is -0.272 e. The molecular weight excluding hydrogens is 314 g/mol. The molecule has 0 unspecified atom stereocenters. The number of amides is 1. The second-order valence-corrected chi connectivity index (χ2v) is 7.20. The molecule has 3 rings (SSSR count). The summed E-state index contributed by atoms with van der Waals surface area (Å²) in [5.74, 6) is -0.516. The van der Waals surface area contributed by atoms with Crippen molar-refractivity contribution >= 4 is 21.8 Å².